The highest BCUT2D eigenvalue weighted by Crippen LogP contribution is 2.44. The Labute approximate surface area is 184 Å². The zero-order chi connectivity index (χ0) is 21.7. The molecule has 154 valence electrons. The third kappa shape index (κ3) is 3.24. The van der Waals surface area contributed by atoms with Crippen molar-refractivity contribution in [3.8, 4) is 0 Å². The second-order valence-corrected chi connectivity index (χ2v) is 9.13. The Kier molecular flexibility index (Phi) is 4.68. The molecule has 0 fully saturated rings. The van der Waals surface area contributed by atoms with Crippen molar-refractivity contribution in [3.63, 3.8) is 0 Å². The Morgan fingerprint density at radius 1 is 1.16 bits per heavy atom. The molecule has 2 aromatic carbocycles. The lowest BCUT2D eigenvalue weighted by Crippen LogP contribution is -2.31. The van der Waals surface area contributed by atoms with E-state index in [2.05, 4.69) is 4.98 Å². The van der Waals surface area contributed by atoms with E-state index < -0.39 is 29.3 Å². The molecule has 3 heterocycles. The van der Waals surface area contributed by atoms with Crippen molar-refractivity contribution in [1.29, 1.82) is 0 Å². The second kappa shape index (κ2) is 7.40. The third-order valence-corrected chi connectivity index (χ3v) is 6.99. The van der Waals surface area contributed by atoms with Crippen molar-refractivity contribution in [3.05, 3.63) is 93.1 Å². The molecule has 0 unspecified atom stereocenters. The van der Waals surface area contributed by atoms with Gasteiger partial charge in [0.15, 0.2) is 10.9 Å². The van der Waals surface area contributed by atoms with Crippen LogP contribution < -0.4 is 4.90 Å². The summed E-state index contributed by atoms with van der Waals surface area (Å²) in [7, 11) is 0. The van der Waals surface area contributed by atoms with Crippen molar-refractivity contribution >= 4 is 49.7 Å². The minimum absolute atomic E-state index is 0.0755. The zero-order valence-corrected chi connectivity index (χ0v) is 17.8. The normalized spacial score (nSPS) is 16.5. The molecule has 1 amide bonds. The molecular weight excluding hydrogens is 435 g/mol. The first-order valence-electron chi connectivity index (χ1n) is 9.41. The van der Waals surface area contributed by atoms with Crippen LogP contribution in [0.4, 0.5) is 9.52 Å². The van der Waals surface area contributed by atoms with E-state index in [1.165, 1.54) is 45.8 Å². The molecule has 0 spiro atoms. The molecule has 5 nitrogen and oxygen atoms in total. The number of amides is 1. The monoisotopic (exact) mass is 450 g/mol. The maximum Gasteiger partial charge on any atom is 0.296 e. The molecule has 31 heavy (non-hydrogen) atoms. The number of aliphatic hydroxyl groups is 1. The van der Waals surface area contributed by atoms with Crippen molar-refractivity contribution in [2.45, 2.75) is 13.0 Å². The predicted octanol–water partition coefficient (Wildman–Crippen LogP) is 5.59. The molecular formula is C23H15FN2O3S2. The minimum atomic E-state index is -0.987. The smallest absolute Gasteiger partial charge is 0.296 e. The molecule has 1 aliphatic heterocycles. The SMILES string of the molecule is Cc1ccc2nc(N3C(=O)C(O)=C(C(=O)c4cccs4)[C@H]3c3cccc(F)c3)sc2c1. The number of aliphatic hydroxyl groups excluding tert-OH is 1. The number of aryl methyl sites for hydroxylation is 1. The minimum Gasteiger partial charge on any atom is -0.503 e. The van der Waals surface area contributed by atoms with Crippen LogP contribution in [0.3, 0.4) is 0 Å². The molecule has 5 rings (SSSR count). The molecule has 2 aromatic heterocycles. The summed E-state index contributed by atoms with van der Waals surface area (Å²) in [6.45, 7) is 1.96. The lowest BCUT2D eigenvalue weighted by atomic mass is 9.95. The van der Waals surface area contributed by atoms with Gasteiger partial charge < -0.3 is 5.11 Å². The Balaban J connectivity index is 1.70. The van der Waals surface area contributed by atoms with Crippen molar-refractivity contribution in [2.24, 2.45) is 0 Å². The van der Waals surface area contributed by atoms with E-state index in [0.29, 0.717) is 21.1 Å². The summed E-state index contributed by atoms with van der Waals surface area (Å²) in [5.74, 6) is -2.33. The molecule has 0 bridgehead atoms. The summed E-state index contributed by atoms with van der Waals surface area (Å²) >= 11 is 2.49. The molecule has 1 atom stereocenters. The number of ketones is 1. The average molecular weight is 451 g/mol. The summed E-state index contributed by atoms with van der Waals surface area (Å²) in [5.41, 5.74) is 2.06. The second-order valence-electron chi connectivity index (χ2n) is 7.17. The number of hydrogen-bond acceptors (Lipinski definition) is 6. The van der Waals surface area contributed by atoms with E-state index in [1.54, 1.807) is 23.6 Å². The Hall–Kier alpha value is -3.36. The van der Waals surface area contributed by atoms with E-state index in [-0.39, 0.29) is 5.57 Å². The molecule has 0 saturated heterocycles. The summed E-state index contributed by atoms with van der Waals surface area (Å²) in [6, 6.07) is 13.8. The van der Waals surface area contributed by atoms with Gasteiger partial charge in [0.25, 0.3) is 5.91 Å². The number of Topliss-reactive ketones (excluding diaryl/α,β-unsaturated/α-hetero) is 1. The first-order valence-corrected chi connectivity index (χ1v) is 11.1. The van der Waals surface area contributed by atoms with E-state index >= 15 is 0 Å². The van der Waals surface area contributed by atoms with Gasteiger partial charge in [0.2, 0.25) is 5.78 Å². The van der Waals surface area contributed by atoms with Crippen molar-refractivity contribution < 1.29 is 19.1 Å². The number of rotatable bonds is 4. The first kappa shape index (κ1) is 19.6. The average Bonchev–Trinajstić information content (AvgIpc) is 3.46. The number of fused-ring (bicyclic) bond motifs is 1. The van der Waals surface area contributed by atoms with Crippen LogP contribution in [-0.4, -0.2) is 21.8 Å². The van der Waals surface area contributed by atoms with Crippen LogP contribution in [0.25, 0.3) is 10.2 Å². The van der Waals surface area contributed by atoms with Crippen molar-refractivity contribution in [2.75, 3.05) is 4.90 Å². The fraction of sp³-hybridized carbons (Fsp3) is 0.0870. The summed E-state index contributed by atoms with van der Waals surface area (Å²) in [6.07, 6.45) is 0. The van der Waals surface area contributed by atoms with Crippen LogP contribution in [-0.2, 0) is 4.79 Å². The van der Waals surface area contributed by atoms with Gasteiger partial charge >= 0.3 is 0 Å². The Bertz CT molecular complexity index is 1370. The molecule has 4 aromatic rings. The number of carbonyl (C=O) groups excluding carboxylic acids is 2. The quantitative estimate of drug-likeness (QED) is 0.412. The number of thiophene rings is 1. The maximum absolute atomic E-state index is 14.1. The molecule has 0 saturated carbocycles. The van der Waals surface area contributed by atoms with Crippen LogP contribution in [0.5, 0.6) is 0 Å². The van der Waals surface area contributed by atoms with Gasteiger partial charge in [-0.3, -0.25) is 14.5 Å². The van der Waals surface area contributed by atoms with Gasteiger partial charge in [0, 0.05) is 0 Å². The summed E-state index contributed by atoms with van der Waals surface area (Å²) < 4.78 is 15.0. The highest BCUT2D eigenvalue weighted by atomic mass is 32.1. The molecule has 0 radical (unpaired) electrons. The predicted molar refractivity (Wildman–Crippen MR) is 119 cm³/mol. The maximum atomic E-state index is 14.1. The third-order valence-electron chi connectivity index (χ3n) is 5.10. The highest BCUT2D eigenvalue weighted by molar-refractivity contribution is 7.22. The Morgan fingerprint density at radius 3 is 2.74 bits per heavy atom. The summed E-state index contributed by atoms with van der Waals surface area (Å²) in [4.78, 5) is 32.6. The van der Waals surface area contributed by atoms with Gasteiger partial charge in [-0.15, -0.1) is 11.3 Å². The van der Waals surface area contributed by atoms with Gasteiger partial charge in [0.1, 0.15) is 5.82 Å². The van der Waals surface area contributed by atoms with Gasteiger partial charge in [0.05, 0.1) is 26.7 Å². The molecule has 0 aliphatic carbocycles. The van der Waals surface area contributed by atoms with E-state index in [0.717, 1.165) is 10.3 Å². The first-order chi connectivity index (χ1) is 14.9. The van der Waals surface area contributed by atoms with Crippen LogP contribution in [0.1, 0.15) is 26.8 Å². The molecule has 1 aliphatic rings. The van der Waals surface area contributed by atoms with Crippen LogP contribution in [0, 0.1) is 12.7 Å². The van der Waals surface area contributed by atoms with Crippen LogP contribution >= 0.6 is 22.7 Å². The highest BCUT2D eigenvalue weighted by Gasteiger charge is 2.46. The number of aromatic nitrogens is 1. The largest absolute Gasteiger partial charge is 0.503 e. The van der Waals surface area contributed by atoms with Crippen molar-refractivity contribution in [1.82, 2.24) is 4.98 Å². The van der Waals surface area contributed by atoms with Gasteiger partial charge in [-0.25, -0.2) is 9.37 Å². The number of halogens is 1. The van der Waals surface area contributed by atoms with Gasteiger partial charge in [-0.2, -0.15) is 0 Å². The number of carbonyl (C=O) groups is 2. The van der Waals surface area contributed by atoms with Crippen LogP contribution in [0.2, 0.25) is 0 Å². The topological polar surface area (TPSA) is 70.5 Å². The number of nitrogens with zero attached hydrogens (tertiary/aromatic N) is 2. The lowest BCUT2D eigenvalue weighted by molar-refractivity contribution is -0.117. The fourth-order valence-corrected chi connectivity index (χ4v) is 5.46. The number of benzene rings is 2. The summed E-state index contributed by atoms with van der Waals surface area (Å²) in [5, 5.41) is 12.8. The zero-order valence-electron chi connectivity index (χ0n) is 16.2. The number of thiazole rings is 1. The number of anilines is 1. The van der Waals surface area contributed by atoms with E-state index in [9.17, 15) is 19.1 Å². The standard InChI is InChI=1S/C23H15FN2O3S2/c1-12-7-8-15-17(10-12)31-23(25-15)26-19(13-4-2-5-14(24)11-13)18(21(28)22(26)29)20(27)16-6-3-9-30-16/h2-11,19,28H,1H3/t19-/m1/s1. The van der Waals surface area contributed by atoms with Crippen LogP contribution in [0.15, 0.2) is 71.3 Å². The van der Waals surface area contributed by atoms with E-state index in [4.69, 9.17) is 0 Å². The molecule has 8 heteroatoms. The van der Waals surface area contributed by atoms with E-state index in [1.807, 2.05) is 25.1 Å². The van der Waals surface area contributed by atoms with Gasteiger partial charge in [-0.05, 0) is 53.8 Å². The number of hydrogen-bond donors (Lipinski definition) is 1. The lowest BCUT2D eigenvalue weighted by Gasteiger charge is -2.24. The van der Waals surface area contributed by atoms with Gasteiger partial charge in [-0.1, -0.05) is 35.6 Å². The fourth-order valence-electron chi connectivity index (χ4n) is 3.69. The Morgan fingerprint density at radius 2 is 2.00 bits per heavy atom. The molecule has 1 N–H and O–H groups in total.